The van der Waals surface area contributed by atoms with E-state index in [1.54, 1.807) is 0 Å². The predicted molar refractivity (Wildman–Crippen MR) is 77.0 cm³/mol. The molecule has 0 aromatic heterocycles. The molecule has 3 heteroatoms. The van der Waals surface area contributed by atoms with E-state index in [0.29, 0.717) is 18.1 Å². The minimum atomic E-state index is -0.170. The standard InChI is InChI=1S/C15H16O2.Mg.2H/c1-11(2)10-15(16)17-14-9-5-7-12-6-3-4-8-13(12)14;;;/h3-9,11H,10H2,1-2H3;;;/q;+2;2*-1. The van der Waals surface area contributed by atoms with Crippen LogP contribution in [0.4, 0.5) is 0 Å². The van der Waals surface area contributed by atoms with Gasteiger partial charge in [0, 0.05) is 11.8 Å². The quantitative estimate of drug-likeness (QED) is 0.475. The first kappa shape index (κ1) is 15.0. The molecule has 0 amide bonds. The van der Waals surface area contributed by atoms with Gasteiger partial charge in [-0.1, -0.05) is 50.2 Å². The molecule has 0 bridgehead atoms. The maximum absolute atomic E-state index is 11.6. The molecule has 0 spiro atoms. The third-order valence-corrected chi connectivity index (χ3v) is 2.55. The maximum Gasteiger partial charge on any atom is 2.00 e. The Labute approximate surface area is 126 Å². The van der Waals surface area contributed by atoms with Crippen molar-refractivity contribution in [3.05, 3.63) is 42.5 Å². The Hall–Kier alpha value is -1.06. The van der Waals surface area contributed by atoms with Gasteiger partial charge >= 0.3 is 29.0 Å². The number of hydrogen-bond donors (Lipinski definition) is 0. The van der Waals surface area contributed by atoms with Crippen LogP contribution in [0.2, 0.25) is 0 Å². The minimum Gasteiger partial charge on any atom is -1.00 e. The number of carbonyl (C=O) groups excluding carboxylic acids is 1. The fraction of sp³-hybridized carbons (Fsp3) is 0.267. The Bertz CT molecular complexity index is 539. The molecule has 0 heterocycles. The topological polar surface area (TPSA) is 26.3 Å². The van der Waals surface area contributed by atoms with Crippen molar-refractivity contribution in [3.8, 4) is 5.75 Å². The van der Waals surface area contributed by atoms with E-state index in [1.807, 2.05) is 56.3 Å². The second-order valence-corrected chi connectivity index (χ2v) is 4.55. The predicted octanol–water partition coefficient (Wildman–Crippen LogP) is 3.64. The largest absolute Gasteiger partial charge is 2.00 e. The SMILES string of the molecule is CC(C)CC(=O)Oc1cccc2ccccc12.[H-].[H-].[Mg+2]. The molecule has 0 saturated heterocycles. The summed E-state index contributed by atoms with van der Waals surface area (Å²) in [5, 5.41) is 2.06. The first-order chi connectivity index (χ1) is 8.16. The van der Waals surface area contributed by atoms with Gasteiger partial charge in [-0.05, 0) is 17.4 Å². The van der Waals surface area contributed by atoms with Crippen LogP contribution in [0.1, 0.15) is 23.1 Å². The van der Waals surface area contributed by atoms with E-state index in [2.05, 4.69) is 0 Å². The summed E-state index contributed by atoms with van der Waals surface area (Å²) in [4.78, 5) is 11.6. The molecule has 2 aromatic carbocycles. The van der Waals surface area contributed by atoms with Gasteiger partial charge in [0.15, 0.2) is 0 Å². The molecule has 0 N–H and O–H groups in total. The summed E-state index contributed by atoms with van der Waals surface area (Å²) in [6.07, 6.45) is 0.448. The van der Waals surface area contributed by atoms with Gasteiger partial charge in [-0.25, -0.2) is 0 Å². The van der Waals surface area contributed by atoms with E-state index in [1.165, 1.54) is 0 Å². The molecule has 2 aromatic rings. The van der Waals surface area contributed by atoms with Crippen molar-refractivity contribution in [1.82, 2.24) is 0 Å². The van der Waals surface area contributed by atoms with Crippen LogP contribution in [0.3, 0.4) is 0 Å². The monoisotopic (exact) mass is 254 g/mol. The number of hydrogen-bond acceptors (Lipinski definition) is 2. The van der Waals surface area contributed by atoms with Gasteiger partial charge in [0.1, 0.15) is 5.75 Å². The van der Waals surface area contributed by atoms with E-state index in [-0.39, 0.29) is 31.9 Å². The van der Waals surface area contributed by atoms with Crippen LogP contribution in [0.25, 0.3) is 10.8 Å². The molecule has 0 aliphatic heterocycles. The van der Waals surface area contributed by atoms with E-state index in [0.717, 1.165) is 10.8 Å². The van der Waals surface area contributed by atoms with Crippen LogP contribution in [0.5, 0.6) is 5.75 Å². The van der Waals surface area contributed by atoms with E-state index < -0.39 is 0 Å². The van der Waals surface area contributed by atoms with Crippen molar-refractivity contribution < 1.29 is 12.4 Å². The van der Waals surface area contributed by atoms with Crippen LogP contribution in [-0.2, 0) is 4.79 Å². The molecule has 92 valence electrons. The number of benzene rings is 2. The molecule has 0 aliphatic carbocycles. The Kier molecular flexibility index (Phi) is 5.63. The normalized spacial score (nSPS) is 10.2. The minimum absolute atomic E-state index is 0. The number of rotatable bonds is 3. The molecular weight excluding hydrogens is 236 g/mol. The van der Waals surface area contributed by atoms with Crippen molar-refractivity contribution in [2.24, 2.45) is 5.92 Å². The maximum atomic E-state index is 11.6. The molecule has 0 radical (unpaired) electrons. The summed E-state index contributed by atoms with van der Waals surface area (Å²) in [7, 11) is 0. The van der Waals surface area contributed by atoms with Gasteiger partial charge in [-0.3, -0.25) is 4.79 Å². The van der Waals surface area contributed by atoms with Gasteiger partial charge in [-0.15, -0.1) is 0 Å². The van der Waals surface area contributed by atoms with E-state index in [4.69, 9.17) is 4.74 Å². The Morgan fingerprint density at radius 2 is 1.83 bits per heavy atom. The van der Waals surface area contributed by atoms with E-state index in [9.17, 15) is 4.79 Å². The Morgan fingerprint density at radius 1 is 1.17 bits per heavy atom. The Morgan fingerprint density at radius 3 is 2.56 bits per heavy atom. The zero-order valence-electron chi connectivity index (χ0n) is 12.8. The fourth-order valence-electron chi connectivity index (χ4n) is 1.78. The molecule has 0 atom stereocenters. The molecule has 0 unspecified atom stereocenters. The van der Waals surface area contributed by atoms with Crippen molar-refractivity contribution in [1.29, 1.82) is 0 Å². The van der Waals surface area contributed by atoms with E-state index >= 15 is 0 Å². The van der Waals surface area contributed by atoms with Crippen LogP contribution in [0.15, 0.2) is 42.5 Å². The van der Waals surface area contributed by atoms with Gasteiger partial charge in [0.2, 0.25) is 0 Å². The van der Waals surface area contributed by atoms with Crippen molar-refractivity contribution >= 4 is 39.8 Å². The average Bonchev–Trinajstić information content (AvgIpc) is 2.28. The number of esters is 1. The third-order valence-electron chi connectivity index (χ3n) is 2.55. The first-order valence-electron chi connectivity index (χ1n) is 5.85. The van der Waals surface area contributed by atoms with Gasteiger partial charge in [0.25, 0.3) is 0 Å². The zero-order chi connectivity index (χ0) is 12.3. The second kappa shape index (κ2) is 6.76. The summed E-state index contributed by atoms with van der Waals surface area (Å²) >= 11 is 0. The first-order valence-corrected chi connectivity index (χ1v) is 5.85. The molecule has 0 fully saturated rings. The number of ether oxygens (including phenoxy) is 1. The van der Waals surface area contributed by atoms with Crippen LogP contribution < -0.4 is 4.74 Å². The van der Waals surface area contributed by atoms with Crippen molar-refractivity contribution in [2.45, 2.75) is 20.3 Å². The summed E-state index contributed by atoms with van der Waals surface area (Å²) < 4.78 is 5.40. The van der Waals surface area contributed by atoms with Gasteiger partial charge < -0.3 is 7.59 Å². The van der Waals surface area contributed by atoms with Crippen LogP contribution in [0, 0.1) is 5.92 Å². The summed E-state index contributed by atoms with van der Waals surface area (Å²) in [6.45, 7) is 4.01. The fourth-order valence-corrected chi connectivity index (χ4v) is 1.78. The molecule has 0 saturated carbocycles. The van der Waals surface area contributed by atoms with Gasteiger partial charge in [-0.2, -0.15) is 0 Å². The van der Waals surface area contributed by atoms with Crippen LogP contribution in [-0.4, -0.2) is 29.0 Å². The number of carbonyl (C=O) groups is 1. The summed E-state index contributed by atoms with van der Waals surface area (Å²) in [5.41, 5.74) is 0. The van der Waals surface area contributed by atoms with Crippen molar-refractivity contribution in [2.75, 3.05) is 0 Å². The zero-order valence-corrected chi connectivity index (χ0v) is 12.3. The van der Waals surface area contributed by atoms with Crippen LogP contribution >= 0.6 is 0 Å². The molecule has 18 heavy (non-hydrogen) atoms. The molecular formula is C15H18MgO2. The second-order valence-electron chi connectivity index (χ2n) is 4.55. The summed E-state index contributed by atoms with van der Waals surface area (Å²) in [6, 6.07) is 13.6. The molecule has 2 rings (SSSR count). The average molecular weight is 255 g/mol. The number of fused-ring (bicyclic) bond motifs is 1. The molecule has 0 aliphatic rings. The molecule has 2 nitrogen and oxygen atoms in total. The Balaban J connectivity index is 0. The summed E-state index contributed by atoms with van der Waals surface area (Å²) in [5.74, 6) is 0.794. The third kappa shape index (κ3) is 3.72. The van der Waals surface area contributed by atoms with Crippen molar-refractivity contribution in [3.63, 3.8) is 0 Å². The van der Waals surface area contributed by atoms with Gasteiger partial charge in [0.05, 0.1) is 0 Å². The smallest absolute Gasteiger partial charge is 1.00 e.